The molecule has 0 radical (unpaired) electrons. The number of hydrogen-bond donors (Lipinski definition) is 1. The Bertz CT molecular complexity index is 476. The van der Waals surface area contributed by atoms with E-state index in [1.54, 1.807) is 7.11 Å². The Balaban J connectivity index is 1.67. The van der Waals surface area contributed by atoms with Gasteiger partial charge < -0.3 is 19.6 Å². The van der Waals surface area contributed by atoms with Gasteiger partial charge >= 0.3 is 0 Å². The zero-order valence-electron chi connectivity index (χ0n) is 12.3. The number of methoxy groups -OCH3 is 1. The van der Waals surface area contributed by atoms with Gasteiger partial charge in [-0.1, -0.05) is 17.3 Å². The topological polar surface area (TPSA) is 52.1 Å². The molecule has 5 heteroatoms. The zero-order valence-corrected chi connectivity index (χ0v) is 12.3. The summed E-state index contributed by atoms with van der Waals surface area (Å²) >= 11 is 0. The lowest BCUT2D eigenvalue weighted by Gasteiger charge is -2.21. The normalized spacial score (nSPS) is 21.2. The van der Waals surface area contributed by atoms with E-state index in [-0.39, 0.29) is 5.60 Å². The van der Waals surface area contributed by atoms with Gasteiger partial charge in [-0.15, -0.1) is 0 Å². The quantitative estimate of drug-likeness (QED) is 0.777. The highest BCUT2D eigenvalue weighted by Gasteiger charge is 2.31. The second-order valence-corrected chi connectivity index (χ2v) is 5.22. The molecule has 0 amide bonds. The number of ether oxygens (including phenoxy) is 2. The lowest BCUT2D eigenvalue weighted by atomic mass is 10.0. The molecular formula is C15H22N2O3. The molecule has 0 aliphatic carbocycles. The first-order chi connectivity index (χ1) is 9.63. The summed E-state index contributed by atoms with van der Waals surface area (Å²) in [4.78, 5) is 5.42. The fraction of sp³-hybridized carbons (Fsp3) is 0.533. The predicted molar refractivity (Wildman–Crippen MR) is 78.6 cm³/mol. The van der Waals surface area contributed by atoms with Crippen molar-refractivity contribution in [1.82, 2.24) is 5.32 Å². The largest absolute Gasteiger partial charge is 0.493 e. The maximum absolute atomic E-state index is 5.69. The molecule has 5 nitrogen and oxygen atoms in total. The van der Waals surface area contributed by atoms with Gasteiger partial charge in [0, 0.05) is 19.5 Å². The summed E-state index contributed by atoms with van der Waals surface area (Å²) in [6.07, 6.45) is 0.868. The molecule has 0 aromatic heterocycles. The number of hydrogen-bond acceptors (Lipinski definition) is 5. The Hall–Kier alpha value is -1.75. The summed E-state index contributed by atoms with van der Waals surface area (Å²) < 4.78 is 10.9. The van der Waals surface area contributed by atoms with Gasteiger partial charge in [0.25, 0.3) is 0 Å². The number of rotatable bonds is 7. The minimum Gasteiger partial charge on any atom is -0.493 e. The Morgan fingerprint density at radius 3 is 2.75 bits per heavy atom. The van der Waals surface area contributed by atoms with Gasteiger partial charge in [-0.05, 0) is 26.0 Å². The zero-order chi connectivity index (χ0) is 14.4. The fourth-order valence-electron chi connectivity index (χ4n) is 2.21. The summed E-state index contributed by atoms with van der Waals surface area (Å²) in [5, 5.41) is 7.32. The molecule has 2 rings (SSSR count). The maximum atomic E-state index is 5.69. The van der Waals surface area contributed by atoms with Gasteiger partial charge in [-0.3, -0.25) is 0 Å². The predicted octanol–water partition coefficient (Wildman–Crippen LogP) is 2.22. The van der Waals surface area contributed by atoms with Crippen LogP contribution in [0.3, 0.4) is 0 Å². The van der Waals surface area contributed by atoms with Crippen LogP contribution in [0, 0.1) is 0 Å². The van der Waals surface area contributed by atoms with Crippen LogP contribution in [0.25, 0.3) is 0 Å². The molecule has 0 saturated carbocycles. The lowest BCUT2D eigenvalue weighted by molar-refractivity contribution is -0.00263. The summed E-state index contributed by atoms with van der Waals surface area (Å²) in [6, 6.07) is 7.64. The van der Waals surface area contributed by atoms with Crippen LogP contribution in [0.2, 0.25) is 0 Å². The molecule has 1 unspecified atom stereocenters. The van der Waals surface area contributed by atoms with Crippen molar-refractivity contribution in [3.05, 3.63) is 24.3 Å². The van der Waals surface area contributed by atoms with Crippen LogP contribution < -0.4 is 14.8 Å². The molecule has 0 bridgehead atoms. The Morgan fingerprint density at radius 1 is 1.35 bits per heavy atom. The van der Waals surface area contributed by atoms with Crippen molar-refractivity contribution in [2.24, 2.45) is 5.16 Å². The van der Waals surface area contributed by atoms with Gasteiger partial charge in [0.15, 0.2) is 17.1 Å². The van der Waals surface area contributed by atoms with Crippen molar-refractivity contribution in [2.75, 3.05) is 26.8 Å². The molecule has 110 valence electrons. The second-order valence-electron chi connectivity index (χ2n) is 5.22. The molecule has 0 spiro atoms. The Labute approximate surface area is 119 Å². The Kier molecular flexibility index (Phi) is 4.84. The van der Waals surface area contributed by atoms with E-state index in [4.69, 9.17) is 14.3 Å². The monoisotopic (exact) mass is 278 g/mol. The van der Waals surface area contributed by atoms with E-state index in [0.29, 0.717) is 6.61 Å². The van der Waals surface area contributed by atoms with E-state index in [2.05, 4.69) is 17.4 Å². The van der Waals surface area contributed by atoms with Crippen molar-refractivity contribution in [3.8, 4) is 11.5 Å². The molecule has 1 N–H and O–H groups in total. The molecule has 1 atom stereocenters. The van der Waals surface area contributed by atoms with Crippen molar-refractivity contribution < 1.29 is 14.3 Å². The molecule has 1 aromatic carbocycles. The highest BCUT2D eigenvalue weighted by molar-refractivity contribution is 5.83. The van der Waals surface area contributed by atoms with E-state index in [1.165, 1.54) is 0 Å². The second kappa shape index (κ2) is 6.61. The van der Waals surface area contributed by atoms with Crippen LogP contribution in [-0.2, 0) is 4.84 Å². The first kappa shape index (κ1) is 14.7. The number of nitrogens with one attached hydrogen (secondary N) is 1. The SMILES string of the molecule is COc1ccccc1OCCNCC1(C)CC(C)=NO1. The highest BCUT2D eigenvalue weighted by atomic mass is 16.7. The van der Waals surface area contributed by atoms with Crippen LogP contribution in [0.1, 0.15) is 20.3 Å². The van der Waals surface area contributed by atoms with Gasteiger partial charge in [0.05, 0.1) is 12.8 Å². The molecule has 1 aliphatic heterocycles. The van der Waals surface area contributed by atoms with E-state index < -0.39 is 0 Å². The van der Waals surface area contributed by atoms with Crippen molar-refractivity contribution in [3.63, 3.8) is 0 Å². The third kappa shape index (κ3) is 3.87. The molecule has 0 saturated heterocycles. The number of para-hydroxylation sites is 2. The van der Waals surface area contributed by atoms with Crippen LogP contribution in [0.4, 0.5) is 0 Å². The minimum atomic E-state index is -0.228. The summed E-state index contributed by atoms with van der Waals surface area (Å²) in [5.41, 5.74) is 0.814. The number of benzene rings is 1. The van der Waals surface area contributed by atoms with Crippen LogP contribution in [-0.4, -0.2) is 38.1 Å². The van der Waals surface area contributed by atoms with Crippen molar-refractivity contribution in [1.29, 1.82) is 0 Å². The summed E-state index contributed by atoms with van der Waals surface area (Å²) in [7, 11) is 1.64. The standard InChI is InChI=1S/C15H22N2O3/c1-12-10-15(2,20-17-12)11-16-8-9-19-14-7-5-4-6-13(14)18-3/h4-7,16H,8-11H2,1-3H3. The van der Waals surface area contributed by atoms with Crippen molar-refractivity contribution >= 4 is 5.71 Å². The number of nitrogens with zero attached hydrogens (tertiary/aromatic N) is 1. The molecule has 0 fully saturated rings. The van der Waals surface area contributed by atoms with Gasteiger partial charge in [-0.25, -0.2) is 0 Å². The van der Waals surface area contributed by atoms with Crippen molar-refractivity contribution in [2.45, 2.75) is 25.9 Å². The lowest BCUT2D eigenvalue weighted by Crippen LogP contribution is -2.39. The molecule has 1 aliphatic rings. The van der Waals surface area contributed by atoms with E-state index in [9.17, 15) is 0 Å². The third-order valence-corrected chi connectivity index (χ3v) is 3.16. The highest BCUT2D eigenvalue weighted by Crippen LogP contribution is 2.25. The Morgan fingerprint density at radius 2 is 2.10 bits per heavy atom. The summed E-state index contributed by atoms with van der Waals surface area (Å²) in [5.74, 6) is 1.52. The van der Waals surface area contributed by atoms with Crippen LogP contribution in [0.15, 0.2) is 29.4 Å². The smallest absolute Gasteiger partial charge is 0.161 e. The minimum absolute atomic E-state index is 0.228. The average Bonchev–Trinajstić information content (AvgIpc) is 2.79. The van der Waals surface area contributed by atoms with E-state index >= 15 is 0 Å². The summed E-state index contributed by atoms with van der Waals surface area (Å²) in [6.45, 7) is 6.12. The maximum Gasteiger partial charge on any atom is 0.161 e. The van der Waals surface area contributed by atoms with Gasteiger partial charge in [-0.2, -0.15) is 0 Å². The first-order valence-electron chi connectivity index (χ1n) is 6.81. The van der Waals surface area contributed by atoms with Crippen LogP contribution >= 0.6 is 0 Å². The van der Waals surface area contributed by atoms with Crippen LogP contribution in [0.5, 0.6) is 11.5 Å². The average molecular weight is 278 g/mol. The first-order valence-corrected chi connectivity index (χ1v) is 6.81. The number of oxime groups is 1. The molecule has 20 heavy (non-hydrogen) atoms. The molecular weight excluding hydrogens is 256 g/mol. The third-order valence-electron chi connectivity index (χ3n) is 3.16. The van der Waals surface area contributed by atoms with Gasteiger partial charge in [0.2, 0.25) is 0 Å². The fourth-order valence-corrected chi connectivity index (χ4v) is 2.21. The molecule has 1 heterocycles. The van der Waals surface area contributed by atoms with E-state index in [1.807, 2.05) is 31.2 Å². The van der Waals surface area contributed by atoms with E-state index in [0.717, 1.165) is 36.7 Å². The molecule has 1 aromatic rings. The van der Waals surface area contributed by atoms with Gasteiger partial charge in [0.1, 0.15) is 6.61 Å².